The van der Waals surface area contributed by atoms with E-state index in [1.807, 2.05) is 57.2 Å². The van der Waals surface area contributed by atoms with E-state index in [2.05, 4.69) is 10.2 Å². The van der Waals surface area contributed by atoms with Gasteiger partial charge in [-0.25, -0.2) is 23.2 Å². The average Bonchev–Trinajstić information content (AvgIpc) is 3.27. The van der Waals surface area contributed by atoms with E-state index in [0.29, 0.717) is 53.6 Å². The van der Waals surface area contributed by atoms with Gasteiger partial charge in [0, 0.05) is 41.3 Å². The van der Waals surface area contributed by atoms with Crippen LogP contribution in [0.3, 0.4) is 0 Å². The summed E-state index contributed by atoms with van der Waals surface area (Å²) in [7, 11) is -2.26. The number of halogens is 1. The predicted molar refractivity (Wildman–Crippen MR) is 159 cm³/mol. The number of thiophene rings is 1. The zero-order valence-corrected chi connectivity index (χ0v) is 25.2. The predicted octanol–water partition coefficient (Wildman–Crippen LogP) is 4.92. The molecule has 1 atom stereocenters. The highest BCUT2D eigenvalue weighted by molar-refractivity contribution is 7.91. The number of fused-ring (bicyclic) bond motifs is 2. The Kier molecular flexibility index (Phi) is 8.30. The largest absolute Gasteiger partial charge is 0.467 e. The zero-order valence-electron chi connectivity index (χ0n) is 22.8. The summed E-state index contributed by atoms with van der Waals surface area (Å²) in [6.07, 6.45) is 0. The third-order valence-corrected chi connectivity index (χ3v) is 11.2. The molecule has 4 aromatic rings. The van der Waals surface area contributed by atoms with E-state index in [4.69, 9.17) is 26.3 Å². The number of nitrogens with zero attached hydrogens (tertiary/aromatic N) is 4. The summed E-state index contributed by atoms with van der Waals surface area (Å²) >= 11 is 7.44. The van der Waals surface area contributed by atoms with Gasteiger partial charge in [-0.1, -0.05) is 37.6 Å². The lowest BCUT2D eigenvalue weighted by Gasteiger charge is -2.33. The van der Waals surface area contributed by atoms with Crippen molar-refractivity contribution in [2.75, 3.05) is 38.6 Å². The van der Waals surface area contributed by atoms with Gasteiger partial charge in [-0.3, -0.25) is 4.90 Å². The fourth-order valence-corrected chi connectivity index (χ4v) is 8.41. The molecule has 2 aromatic heterocycles. The van der Waals surface area contributed by atoms with Crippen LogP contribution in [0.1, 0.15) is 25.2 Å². The molecule has 1 fully saturated rings. The third kappa shape index (κ3) is 5.66. The quantitative estimate of drug-likeness (QED) is 0.284. The molecular formula is C28H32ClN5O4S2. The molecule has 1 aliphatic heterocycles. The summed E-state index contributed by atoms with van der Waals surface area (Å²) < 4.78 is 35.0. The van der Waals surface area contributed by atoms with E-state index in [0.717, 1.165) is 26.6 Å². The van der Waals surface area contributed by atoms with Crippen LogP contribution in [0.5, 0.6) is 0 Å². The number of esters is 1. The number of benzene rings is 2. The minimum absolute atomic E-state index is 0.0128. The van der Waals surface area contributed by atoms with Crippen LogP contribution in [0, 0.1) is 12.8 Å². The molecule has 0 spiro atoms. The van der Waals surface area contributed by atoms with Crippen LogP contribution >= 0.6 is 22.9 Å². The minimum atomic E-state index is -3.63. The second-order valence-electron chi connectivity index (χ2n) is 10.2. The summed E-state index contributed by atoms with van der Waals surface area (Å²) in [5, 5.41) is 5.55. The number of methoxy groups -OCH3 is 1. The van der Waals surface area contributed by atoms with E-state index < -0.39 is 16.1 Å². The van der Waals surface area contributed by atoms with Crippen LogP contribution in [0.25, 0.3) is 21.0 Å². The number of ether oxygens (including phenoxy) is 1. The van der Waals surface area contributed by atoms with Gasteiger partial charge in [0.2, 0.25) is 0 Å². The molecule has 12 heteroatoms. The molecular weight excluding hydrogens is 570 g/mol. The van der Waals surface area contributed by atoms with Crippen molar-refractivity contribution in [1.29, 1.82) is 0 Å². The van der Waals surface area contributed by atoms with Gasteiger partial charge in [-0.2, -0.15) is 4.31 Å². The molecule has 1 N–H and O–H groups in total. The fraction of sp³-hybridized carbons (Fsp3) is 0.393. The first-order valence-corrected chi connectivity index (χ1v) is 15.7. The smallest absolute Gasteiger partial charge is 0.328 e. The standard InChI is InChI=1S/C28H32ClN5O4S2/c1-17(2)25(27(35)38-4)32-26-20-7-5-6-8-22(20)30-24(31-26)16-33-11-13-34(14-12-33)40(36,37)28-18(3)21-15-19(29)9-10-23(21)39-28/h5-10,15,17,25H,11-14,16H2,1-4H3,(H,30,31,32)/t25-/m0/s1. The lowest BCUT2D eigenvalue weighted by atomic mass is 10.0. The molecule has 0 aliphatic carbocycles. The molecule has 1 saturated heterocycles. The fourth-order valence-electron chi connectivity index (χ4n) is 4.94. The van der Waals surface area contributed by atoms with Gasteiger partial charge in [-0.15, -0.1) is 11.3 Å². The molecule has 0 radical (unpaired) electrons. The monoisotopic (exact) mass is 601 g/mol. The Labute approximate surface area is 243 Å². The molecule has 9 nitrogen and oxygen atoms in total. The molecule has 3 heterocycles. The van der Waals surface area contributed by atoms with E-state index in [1.54, 1.807) is 10.4 Å². The second kappa shape index (κ2) is 11.6. The lowest BCUT2D eigenvalue weighted by molar-refractivity contribution is -0.142. The molecule has 2 aromatic carbocycles. The Bertz CT molecular complexity index is 1670. The number of anilines is 1. The summed E-state index contributed by atoms with van der Waals surface area (Å²) in [6.45, 7) is 8.02. The van der Waals surface area contributed by atoms with E-state index in [1.165, 1.54) is 18.4 Å². The average molecular weight is 602 g/mol. The van der Waals surface area contributed by atoms with Crippen molar-refractivity contribution in [1.82, 2.24) is 19.2 Å². The van der Waals surface area contributed by atoms with Gasteiger partial charge in [0.25, 0.3) is 10.0 Å². The third-order valence-electron chi connectivity index (χ3n) is 7.19. The Morgan fingerprint density at radius 3 is 2.52 bits per heavy atom. The maximum atomic E-state index is 13.6. The molecule has 1 aliphatic rings. The topological polar surface area (TPSA) is 105 Å². The molecule has 0 saturated carbocycles. The highest BCUT2D eigenvalue weighted by Crippen LogP contribution is 2.37. The number of nitrogens with one attached hydrogen (secondary N) is 1. The number of rotatable bonds is 8. The molecule has 0 unspecified atom stereocenters. The number of sulfonamides is 1. The first-order chi connectivity index (χ1) is 19.1. The van der Waals surface area contributed by atoms with Crippen molar-refractivity contribution >= 4 is 65.7 Å². The Morgan fingerprint density at radius 1 is 1.10 bits per heavy atom. The normalized spacial score (nSPS) is 16.1. The highest BCUT2D eigenvalue weighted by atomic mass is 35.5. The first-order valence-electron chi connectivity index (χ1n) is 13.1. The maximum absolute atomic E-state index is 13.6. The van der Waals surface area contributed by atoms with Crippen molar-refractivity contribution in [2.24, 2.45) is 5.92 Å². The second-order valence-corrected chi connectivity index (χ2v) is 13.9. The highest BCUT2D eigenvalue weighted by Gasteiger charge is 2.32. The van der Waals surface area contributed by atoms with Crippen LogP contribution in [-0.4, -0.2) is 72.9 Å². The number of piperazine rings is 1. The number of hydrogen-bond acceptors (Lipinski definition) is 9. The molecule has 212 valence electrons. The first kappa shape index (κ1) is 28.7. The molecule has 0 bridgehead atoms. The number of para-hydroxylation sites is 1. The van der Waals surface area contributed by atoms with Gasteiger partial charge >= 0.3 is 5.97 Å². The van der Waals surface area contributed by atoms with Gasteiger partial charge in [0.15, 0.2) is 0 Å². The van der Waals surface area contributed by atoms with Gasteiger partial charge in [0.1, 0.15) is 21.9 Å². The summed E-state index contributed by atoms with van der Waals surface area (Å²) in [6, 6.07) is 12.6. The van der Waals surface area contributed by atoms with Crippen molar-refractivity contribution in [2.45, 2.75) is 37.6 Å². The van der Waals surface area contributed by atoms with E-state index in [-0.39, 0.29) is 11.9 Å². The van der Waals surface area contributed by atoms with Crippen molar-refractivity contribution < 1.29 is 17.9 Å². The van der Waals surface area contributed by atoms with Crippen LogP contribution in [0.4, 0.5) is 5.82 Å². The summed E-state index contributed by atoms with van der Waals surface area (Å²) in [4.78, 5) is 24.1. The van der Waals surface area contributed by atoms with Gasteiger partial charge < -0.3 is 10.1 Å². The van der Waals surface area contributed by atoms with E-state index in [9.17, 15) is 13.2 Å². The Balaban J connectivity index is 1.33. The number of carbonyl (C=O) groups is 1. The molecule has 5 rings (SSSR count). The van der Waals surface area contributed by atoms with Crippen molar-refractivity contribution in [3.8, 4) is 0 Å². The van der Waals surface area contributed by atoms with Crippen molar-refractivity contribution in [3.05, 3.63) is 58.9 Å². The van der Waals surface area contributed by atoms with Crippen LogP contribution in [0.2, 0.25) is 5.02 Å². The summed E-state index contributed by atoms with van der Waals surface area (Å²) in [5.74, 6) is 0.808. The SMILES string of the molecule is COC(=O)[C@@H](Nc1nc(CN2CCN(S(=O)(=O)c3sc4ccc(Cl)cc4c3C)CC2)nc2ccccc12)C(C)C. The van der Waals surface area contributed by atoms with Crippen LogP contribution in [0.15, 0.2) is 46.7 Å². The molecule has 40 heavy (non-hydrogen) atoms. The summed E-state index contributed by atoms with van der Waals surface area (Å²) in [5.41, 5.74) is 1.50. The Morgan fingerprint density at radius 2 is 1.82 bits per heavy atom. The number of carbonyl (C=O) groups excluding carboxylic acids is 1. The number of aryl methyl sites for hydroxylation is 1. The van der Waals surface area contributed by atoms with Crippen molar-refractivity contribution in [3.63, 3.8) is 0 Å². The van der Waals surface area contributed by atoms with Gasteiger partial charge in [-0.05, 0) is 54.1 Å². The van der Waals surface area contributed by atoms with Crippen LogP contribution < -0.4 is 5.32 Å². The van der Waals surface area contributed by atoms with E-state index >= 15 is 0 Å². The number of hydrogen-bond donors (Lipinski definition) is 1. The zero-order chi connectivity index (χ0) is 28.6. The molecule has 0 amide bonds. The Hall–Kier alpha value is -2.83. The minimum Gasteiger partial charge on any atom is -0.467 e. The lowest BCUT2D eigenvalue weighted by Crippen LogP contribution is -2.48. The van der Waals surface area contributed by atoms with Gasteiger partial charge in [0.05, 0.1) is 19.2 Å². The van der Waals surface area contributed by atoms with Crippen LogP contribution in [-0.2, 0) is 26.1 Å². The number of aromatic nitrogens is 2. The maximum Gasteiger partial charge on any atom is 0.328 e.